The first-order valence-electron chi connectivity index (χ1n) is 6.54. The highest BCUT2D eigenvalue weighted by Gasteiger charge is 2.19. The van der Waals surface area contributed by atoms with Crippen molar-refractivity contribution in [2.45, 2.75) is 32.6 Å². The van der Waals surface area contributed by atoms with Crippen LogP contribution in [0.15, 0.2) is 18.2 Å². The van der Waals surface area contributed by atoms with Crippen LogP contribution in [-0.4, -0.2) is 11.6 Å². The largest absolute Gasteiger partial charge is 0.491 e. The molecule has 0 aliphatic heterocycles. The maximum Gasteiger partial charge on any atom is 0.145 e. The number of hydrogen-bond acceptors (Lipinski definition) is 2. The molecule has 0 unspecified atom stereocenters. The highest BCUT2D eigenvalue weighted by atomic mass is 35.5. The molecule has 0 radical (unpaired) electrons. The van der Waals surface area contributed by atoms with Crippen LogP contribution in [0.3, 0.4) is 0 Å². The molecule has 0 amide bonds. The highest BCUT2D eigenvalue weighted by molar-refractivity contribution is 6.36. The number of aromatic nitrogens is 1. The van der Waals surface area contributed by atoms with E-state index in [0.717, 1.165) is 59.7 Å². The van der Waals surface area contributed by atoms with Crippen LogP contribution in [0.4, 0.5) is 0 Å². The van der Waals surface area contributed by atoms with Crippen molar-refractivity contribution >= 4 is 22.5 Å². The van der Waals surface area contributed by atoms with Crippen LogP contribution in [0, 0.1) is 0 Å². The van der Waals surface area contributed by atoms with Gasteiger partial charge in [-0.15, -0.1) is 0 Å². The molecule has 0 saturated carbocycles. The summed E-state index contributed by atoms with van der Waals surface area (Å²) in [6.45, 7) is 2.82. The number of halogens is 1. The zero-order valence-corrected chi connectivity index (χ0v) is 11.3. The molecule has 0 saturated heterocycles. The number of hydrogen-bond donors (Lipinski definition) is 0. The van der Waals surface area contributed by atoms with Crippen LogP contribution in [0.2, 0.25) is 5.02 Å². The quantitative estimate of drug-likeness (QED) is 0.827. The Morgan fingerprint density at radius 2 is 2.22 bits per heavy atom. The average molecular weight is 262 g/mol. The zero-order valence-electron chi connectivity index (χ0n) is 10.5. The number of pyridine rings is 1. The zero-order chi connectivity index (χ0) is 12.5. The molecule has 1 aromatic heterocycles. The third-order valence-electron chi connectivity index (χ3n) is 3.40. The van der Waals surface area contributed by atoms with Gasteiger partial charge in [-0.3, -0.25) is 0 Å². The third-order valence-corrected chi connectivity index (χ3v) is 3.83. The fourth-order valence-corrected chi connectivity index (χ4v) is 2.88. The van der Waals surface area contributed by atoms with Crippen molar-refractivity contribution < 1.29 is 4.74 Å². The van der Waals surface area contributed by atoms with E-state index in [2.05, 4.69) is 6.92 Å². The van der Waals surface area contributed by atoms with Gasteiger partial charge in [0.25, 0.3) is 0 Å². The van der Waals surface area contributed by atoms with E-state index in [4.69, 9.17) is 21.3 Å². The molecule has 18 heavy (non-hydrogen) atoms. The fraction of sp³-hybridized carbons (Fsp3) is 0.400. The van der Waals surface area contributed by atoms with Gasteiger partial charge in [-0.25, -0.2) is 4.98 Å². The van der Waals surface area contributed by atoms with Crippen LogP contribution >= 0.6 is 11.6 Å². The Bertz CT molecular complexity index is 595. The van der Waals surface area contributed by atoms with Crippen LogP contribution < -0.4 is 4.74 Å². The van der Waals surface area contributed by atoms with Crippen molar-refractivity contribution in [3.8, 4) is 5.75 Å². The van der Waals surface area contributed by atoms with E-state index in [1.807, 2.05) is 18.2 Å². The number of ether oxygens (including phenoxy) is 1. The maximum absolute atomic E-state index is 6.50. The summed E-state index contributed by atoms with van der Waals surface area (Å²) < 4.78 is 5.76. The molecule has 0 bridgehead atoms. The molecular weight excluding hydrogens is 246 g/mol. The molecule has 1 aliphatic carbocycles. The molecule has 0 N–H and O–H groups in total. The van der Waals surface area contributed by atoms with Gasteiger partial charge < -0.3 is 4.74 Å². The second-order valence-electron chi connectivity index (χ2n) is 4.71. The average Bonchev–Trinajstić information content (AvgIpc) is 2.85. The smallest absolute Gasteiger partial charge is 0.145 e. The first-order chi connectivity index (χ1) is 8.81. The van der Waals surface area contributed by atoms with Crippen molar-refractivity contribution in [1.82, 2.24) is 4.98 Å². The van der Waals surface area contributed by atoms with Gasteiger partial charge >= 0.3 is 0 Å². The Balaban J connectivity index is 2.19. The van der Waals surface area contributed by atoms with E-state index in [0.29, 0.717) is 0 Å². The van der Waals surface area contributed by atoms with Gasteiger partial charge in [0.15, 0.2) is 0 Å². The summed E-state index contributed by atoms with van der Waals surface area (Å²) in [5, 5.41) is 1.89. The topological polar surface area (TPSA) is 22.1 Å². The van der Waals surface area contributed by atoms with E-state index >= 15 is 0 Å². The Morgan fingerprint density at radius 1 is 1.33 bits per heavy atom. The Morgan fingerprint density at radius 3 is 3.06 bits per heavy atom. The third kappa shape index (κ3) is 1.85. The number of benzene rings is 1. The lowest BCUT2D eigenvalue weighted by Crippen LogP contribution is -1.99. The highest BCUT2D eigenvalue weighted by Crippen LogP contribution is 2.36. The van der Waals surface area contributed by atoms with Gasteiger partial charge in [-0.2, -0.15) is 0 Å². The van der Waals surface area contributed by atoms with Gasteiger partial charge in [0.1, 0.15) is 11.3 Å². The van der Waals surface area contributed by atoms with E-state index in [1.54, 1.807) is 0 Å². The molecule has 3 heteroatoms. The summed E-state index contributed by atoms with van der Waals surface area (Å²) in [4.78, 5) is 4.76. The Hall–Kier alpha value is -1.28. The molecule has 0 fully saturated rings. The van der Waals surface area contributed by atoms with E-state index in [-0.39, 0.29) is 0 Å². The minimum Gasteiger partial charge on any atom is -0.491 e. The van der Waals surface area contributed by atoms with Gasteiger partial charge in [-0.05, 0) is 37.3 Å². The van der Waals surface area contributed by atoms with Crippen LogP contribution in [-0.2, 0) is 12.8 Å². The molecule has 94 valence electrons. The van der Waals surface area contributed by atoms with Gasteiger partial charge in [0.05, 0.1) is 11.6 Å². The van der Waals surface area contributed by atoms with Crippen molar-refractivity contribution in [2.24, 2.45) is 0 Å². The van der Waals surface area contributed by atoms with Gasteiger partial charge in [0.2, 0.25) is 0 Å². The monoisotopic (exact) mass is 261 g/mol. The molecule has 1 aromatic carbocycles. The van der Waals surface area contributed by atoms with Crippen molar-refractivity contribution in [2.75, 3.05) is 6.61 Å². The summed E-state index contributed by atoms with van der Waals surface area (Å²) >= 11 is 6.50. The molecule has 2 aromatic rings. The standard InChI is InChI=1S/C15H16ClNO/c1-2-9-18-13-8-4-6-11-14(16)10-5-3-7-12(10)17-15(11)13/h4,6,8H,2-3,5,7,9H2,1H3. The number of fused-ring (bicyclic) bond motifs is 2. The van der Waals surface area contributed by atoms with Crippen molar-refractivity contribution in [1.29, 1.82) is 0 Å². The molecule has 2 nitrogen and oxygen atoms in total. The van der Waals surface area contributed by atoms with Crippen molar-refractivity contribution in [3.63, 3.8) is 0 Å². The van der Waals surface area contributed by atoms with E-state index in [9.17, 15) is 0 Å². The Kier molecular flexibility index (Phi) is 3.13. The second kappa shape index (κ2) is 4.77. The molecule has 1 heterocycles. The fourth-order valence-electron chi connectivity index (χ4n) is 2.53. The molecule has 1 aliphatic rings. The normalized spacial score (nSPS) is 13.9. The van der Waals surface area contributed by atoms with Crippen molar-refractivity contribution in [3.05, 3.63) is 34.5 Å². The van der Waals surface area contributed by atoms with Gasteiger partial charge in [-0.1, -0.05) is 30.7 Å². The predicted molar refractivity (Wildman–Crippen MR) is 74.6 cm³/mol. The minimum absolute atomic E-state index is 0.718. The minimum atomic E-state index is 0.718. The number of aryl methyl sites for hydroxylation is 1. The Labute approximate surface area is 112 Å². The molecule has 3 rings (SSSR count). The van der Waals surface area contributed by atoms with E-state index < -0.39 is 0 Å². The number of rotatable bonds is 3. The molecule has 0 spiro atoms. The second-order valence-corrected chi connectivity index (χ2v) is 5.08. The lowest BCUT2D eigenvalue weighted by molar-refractivity contribution is 0.320. The number of para-hydroxylation sites is 1. The predicted octanol–water partition coefficient (Wildman–Crippen LogP) is 4.17. The van der Waals surface area contributed by atoms with Crippen LogP contribution in [0.1, 0.15) is 31.0 Å². The van der Waals surface area contributed by atoms with E-state index in [1.165, 1.54) is 5.56 Å². The lowest BCUT2D eigenvalue weighted by Gasteiger charge is -2.11. The van der Waals surface area contributed by atoms with Gasteiger partial charge in [0, 0.05) is 11.1 Å². The lowest BCUT2D eigenvalue weighted by atomic mass is 10.1. The summed E-state index contributed by atoms with van der Waals surface area (Å²) in [5.41, 5.74) is 3.30. The summed E-state index contributed by atoms with van der Waals surface area (Å²) in [7, 11) is 0. The molecular formula is C15H16ClNO. The summed E-state index contributed by atoms with van der Waals surface area (Å²) in [5.74, 6) is 0.853. The SMILES string of the molecule is CCCOc1cccc2c(Cl)c3c(nc12)CCC3. The first-order valence-corrected chi connectivity index (χ1v) is 6.92. The summed E-state index contributed by atoms with van der Waals surface area (Å²) in [6.07, 6.45) is 4.24. The summed E-state index contributed by atoms with van der Waals surface area (Å²) in [6, 6.07) is 5.99. The maximum atomic E-state index is 6.50. The molecule has 0 atom stereocenters. The van der Waals surface area contributed by atoms with Crippen LogP contribution in [0.25, 0.3) is 10.9 Å². The van der Waals surface area contributed by atoms with Crippen LogP contribution in [0.5, 0.6) is 5.75 Å². The first kappa shape index (κ1) is 11.8. The number of nitrogens with zero attached hydrogens (tertiary/aromatic N) is 1.